The number of thioether (sulfide) groups is 1. The Balaban J connectivity index is 1.54. The molecule has 0 aliphatic carbocycles. The van der Waals surface area contributed by atoms with E-state index in [2.05, 4.69) is 5.32 Å². The number of nitrogens with zero attached hydrogens (tertiary/aromatic N) is 1. The van der Waals surface area contributed by atoms with Crippen molar-refractivity contribution >= 4 is 23.6 Å². The molecule has 142 valence electrons. The lowest BCUT2D eigenvalue weighted by Crippen LogP contribution is -2.37. The third kappa shape index (κ3) is 5.86. The number of likely N-dealkylation sites (tertiary alicyclic amines) is 1. The molecule has 4 nitrogen and oxygen atoms in total. The van der Waals surface area contributed by atoms with Crippen molar-refractivity contribution in [2.24, 2.45) is 0 Å². The lowest BCUT2D eigenvalue weighted by atomic mass is 9.99. The summed E-state index contributed by atoms with van der Waals surface area (Å²) in [7, 11) is 0. The van der Waals surface area contributed by atoms with Crippen molar-refractivity contribution < 1.29 is 9.59 Å². The fourth-order valence-electron chi connectivity index (χ4n) is 3.32. The summed E-state index contributed by atoms with van der Waals surface area (Å²) < 4.78 is 0. The van der Waals surface area contributed by atoms with Crippen LogP contribution >= 0.6 is 11.8 Å². The summed E-state index contributed by atoms with van der Waals surface area (Å²) in [5.41, 5.74) is 2.10. The van der Waals surface area contributed by atoms with E-state index in [1.807, 2.05) is 65.6 Å². The van der Waals surface area contributed by atoms with Gasteiger partial charge in [0.15, 0.2) is 0 Å². The standard InChI is InChI=1S/C22H26N2O2S/c25-20(16-27-17-21(26)24-14-8-3-9-15-24)23-22(18-10-4-1-5-11-18)19-12-6-2-7-13-19/h1-2,4-7,10-13,22H,3,8-9,14-17H2,(H,23,25). The van der Waals surface area contributed by atoms with Crippen LogP contribution in [0.1, 0.15) is 36.4 Å². The van der Waals surface area contributed by atoms with Gasteiger partial charge in [-0.15, -0.1) is 11.8 Å². The van der Waals surface area contributed by atoms with Crippen LogP contribution in [0.4, 0.5) is 0 Å². The molecule has 1 heterocycles. The molecule has 3 rings (SSSR count). The normalized spacial score (nSPS) is 14.2. The Morgan fingerprint density at radius 2 is 1.41 bits per heavy atom. The third-order valence-corrected chi connectivity index (χ3v) is 5.66. The molecular weight excluding hydrogens is 356 g/mol. The first-order valence-corrected chi connectivity index (χ1v) is 10.6. The maximum absolute atomic E-state index is 12.5. The van der Waals surface area contributed by atoms with Gasteiger partial charge in [-0.1, -0.05) is 60.7 Å². The molecule has 5 heteroatoms. The van der Waals surface area contributed by atoms with Crippen LogP contribution in [-0.2, 0) is 9.59 Å². The van der Waals surface area contributed by atoms with Crippen molar-refractivity contribution in [1.82, 2.24) is 10.2 Å². The van der Waals surface area contributed by atoms with Crippen LogP contribution in [0.15, 0.2) is 60.7 Å². The molecule has 1 saturated heterocycles. The van der Waals surface area contributed by atoms with E-state index in [4.69, 9.17) is 0 Å². The minimum atomic E-state index is -0.182. The number of benzene rings is 2. The number of piperidine rings is 1. The van der Waals surface area contributed by atoms with Crippen LogP contribution in [0.5, 0.6) is 0 Å². The minimum Gasteiger partial charge on any atom is -0.344 e. The Kier molecular flexibility index (Phi) is 7.34. The van der Waals surface area contributed by atoms with Gasteiger partial charge in [0.25, 0.3) is 0 Å². The van der Waals surface area contributed by atoms with Gasteiger partial charge in [0, 0.05) is 13.1 Å². The van der Waals surface area contributed by atoms with Crippen LogP contribution in [-0.4, -0.2) is 41.3 Å². The molecule has 27 heavy (non-hydrogen) atoms. The zero-order chi connectivity index (χ0) is 18.9. The highest BCUT2D eigenvalue weighted by molar-refractivity contribution is 8.00. The molecule has 0 saturated carbocycles. The molecule has 0 unspecified atom stereocenters. The molecule has 0 radical (unpaired) electrons. The first-order valence-electron chi connectivity index (χ1n) is 9.49. The van der Waals surface area contributed by atoms with Crippen molar-refractivity contribution in [3.63, 3.8) is 0 Å². The van der Waals surface area contributed by atoms with Gasteiger partial charge in [0.05, 0.1) is 17.5 Å². The minimum absolute atomic E-state index is 0.0517. The van der Waals surface area contributed by atoms with E-state index in [1.165, 1.54) is 18.2 Å². The van der Waals surface area contributed by atoms with E-state index in [-0.39, 0.29) is 23.6 Å². The topological polar surface area (TPSA) is 49.4 Å². The Morgan fingerprint density at radius 3 is 1.96 bits per heavy atom. The van der Waals surface area contributed by atoms with E-state index >= 15 is 0 Å². The molecule has 2 aromatic carbocycles. The van der Waals surface area contributed by atoms with Crippen LogP contribution in [0.2, 0.25) is 0 Å². The van der Waals surface area contributed by atoms with Gasteiger partial charge in [-0.05, 0) is 30.4 Å². The van der Waals surface area contributed by atoms with Gasteiger partial charge in [0.1, 0.15) is 0 Å². The second kappa shape index (κ2) is 10.2. The number of carbonyl (C=O) groups is 2. The quantitative estimate of drug-likeness (QED) is 0.795. The van der Waals surface area contributed by atoms with Crippen molar-refractivity contribution in [3.05, 3.63) is 71.8 Å². The summed E-state index contributed by atoms with van der Waals surface area (Å²) >= 11 is 1.39. The highest BCUT2D eigenvalue weighted by Gasteiger charge is 2.19. The molecule has 0 atom stereocenters. The molecular formula is C22H26N2O2S. The first kappa shape index (κ1) is 19.5. The monoisotopic (exact) mass is 382 g/mol. The smallest absolute Gasteiger partial charge is 0.232 e. The van der Waals surface area contributed by atoms with Gasteiger partial charge in [-0.25, -0.2) is 0 Å². The predicted octanol–water partition coefficient (Wildman–Crippen LogP) is 3.64. The van der Waals surface area contributed by atoms with Gasteiger partial charge >= 0.3 is 0 Å². The summed E-state index contributed by atoms with van der Waals surface area (Å²) in [6.07, 6.45) is 3.39. The third-order valence-electron chi connectivity index (χ3n) is 4.74. The summed E-state index contributed by atoms with van der Waals surface area (Å²) in [5, 5.41) is 3.12. The van der Waals surface area contributed by atoms with Crippen LogP contribution in [0.25, 0.3) is 0 Å². The fraction of sp³-hybridized carbons (Fsp3) is 0.364. The number of carbonyl (C=O) groups excluding carboxylic acids is 2. The number of hydrogen-bond donors (Lipinski definition) is 1. The predicted molar refractivity (Wildman–Crippen MR) is 111 cm³/mol. The van der Waals surface area contributed by atoms with Gasteiger partial charge < -0.3 is 10.2 Å². The Morgan fingerprint density at radius 1 is 0.852 bits per heavy atom. The Bertz CT molecular complexity index is 691. The average Bonchev–Trinajstić information content (AvgIpc) is 2.74. The Labute approximate surface area is 165 Å². The van der Waals surface area contributed by atoms with Crippen molar-refractivity contribution in [2.45, 2.75) is 25.3 Å². The Hall–Kier alpha value is -2.27. The molecule has 1 aliphatic heterocycles. The molecule has 0 spiro atoms. The van der Waals surface area contributed by atoms with Crippen LogP contribution in [0.3, 0.4) is 0 Å². The van der Waals surface area contributed by atoms with E-state index in [9.17, 15) is 9.59 Å². The molecule has 1 fully saturated rings. The summed E-state index contributed by atoms with van der Waals surface area (Å²) in [6.45, 7) is 1.71. The maximum Gasteiger partial charge on any atom is 0.232 e. The van der Waals surface area contributed by atoms with E-state index in [0.717, 1.165) is 37.1 Å². The van der Waals surface area contributed by atoms with Gasteiger partial charge in [-0.3, -0.25) is 9.59 Å². The molecule has 1 N–H and O–H groups in total. The number of rotatable bonds is 7. The number of hydrogen-bond acceptors (Lipinski definition) is 3. The van der Waals surface area contributed by atoms with E-state index in [0.29, 0.717) is 5.75 Å². The highest BCUT2D eigenvalue weighted by Crippen LogP contribution is 2.22. The van der Waals surface area contributed by atoms with E-state index in [1.54, 1.807) is 0 Å². The first-order chi connectivity index (χ1) is 13.2. The number of amides is 2. The van der Waals surface area contributed by atoms with Crippen LogP contribution < -0.4 is 5.32 Å². The highest BCUT2D eigenvalue weighted by atomic mass is 32.2. The summed E-state index contributed by atoms with van der Waals surface area (Å²) in [5.74, 6) is 0.754. The molecule has 1 aliphatic rings. The van der Waals surface area contributed by atoms with Crippen molar-refractivity contribution in [1.29, 1.82) is 0 Å². The fourth-order valence-corrected chi connectivity index (χ4v) is 4.05. The average molecular weight is 383 g/mol. The van der Waals surface area contributed by atoms with Crippen LogP contribution in [0, 0.1) is 0 Å². The molecule has 2 amide bonds. The number of nitrogens with one attached hydrogen (secondary N) is 1. The molecule has 2 aromatic rings. The van der Waals surface area contributed by atoms with Gasteiger partial charge in [-0.2, -0.15) is 0 Å². The zero-order valence-corrected chi connectivity index (χ0v) is 16.3. The van der Waals surface area contributed by atoms with Crippen molar-refractivity contribution in [3.8, 4) is 0 Å². The summed E-state index contributed by atoms with van der Waals surface area (Å²) in [6, 6.07) is 19.7. The van der Waals surface area contributed by atoms with Crippen molar-refractivity contribution in [2.75, 3.05) is 24.6 Å². The second-order valence-electron chi connectivity index (χ2n) is 6.76. The summed E-state index contributed by atoms with van der Waals surface area (Å²) in [4.78, 5) is 26.6. The SMILES string of the molecule is O=C(CSCC(=O)N1CCCCC1)NC(c1ccccc1)c1ccccc1. The lowest BCUT2D eigenvalue weighted by Gasteiger charge is -2.26. The molecule has 0 bridgehead atoms. The maximum atomic E-state index is 12.5. The lowest BCUT2D eigenvalue weighted by molar-refractivity contribution is -0.129. The largest absolute Gasteiger partial charge is 0.344 e. The van der Waals surface area contributed by atoms with E-state index < -0.39 is 0 Å². The second-order valence-corrected chi connectivity index (χ2v) is 7.74. The molecule has 0 aromatic heterocycles. The van der Waals surface area contributed by atoms with Gasteiger partial charge in [0.2, 0.25) is 11.8 Å². The zero-order valence-electron chi connectivity index (χ0n) is 15.5.